The Balaban J connectivity index is 1.84. The second-order valence-electron chi connectivity index (χ2n) is 6.42. The Labute approximate surface area is 153 Å². The van der Waals surface area contributed by atoms with Crippen LogP contribution in [0.25, 0.3) is 10.8 Å². The maximum Gasteiger partial charge on any atom is 0.573 e. The first kappa shape index (κ1) is 19.0. The molecule has 27 heavy (non-hydrogen) atoms. The zero-order chi connectivity index (χ0) is 19.7. The summed E-state index contributed by atoms with van der Waals surface area (Å²) in [4.78, 5) is 0. The van der Waals surface area contributed by atoms with E-state index in [1.165, 1.54) is 24.3 Å². The number of halogens is 3. The Hall–Kier alpha value is -2.77. The van der Waals surface area contributed by atoms with Gasteiger partial charge in [-0.15, -0.1) is 13.2 Å². The van der Waals surface area contributed by atoms with Crippen LogP contribution < -0.4 is 15.2 Å². The highest BCUT2D eigenvalue weighted by Gasteiger charge is 2.31. The fourth-order valence-electron chi connectivity index (χ4n) is 2.60. The van der Waals surface area contributed by atoms with E-state index in [1.54, 1.807) is 19.1 Å². The Morgan fingerprint density at radius 3 is 2.22 bits per heavy atom. The Morgan fingerprint density at radius 1 is 0.889 bits per heavy atom. The molecule has 4 nitrogen and oxygen atoms in total. The lowest BCUT2D eigenvalue weighted by molar-refractivity contribution is -0.274. The van der Waals surface area contributed by atoms with Crippen molar-refractivity contribution in [2.45, 2.75) is 18.8 Å². The molecule has 0 aromatic heterocycles. The molecule has 7 heteroatoms. The first-order chi connectivity index (χ1) is 12.7. The summed E-state index contributed by atoms with van der Waals surface area (Å²) in [5, 5.41) is 11.2. The predicted octanol–water partition coefficient (Wildman–Crippen LogP) is 4.70. The van der Waals surface area contributed by atoms with Crippen molar-refractivity contribution in [2.75, 3.05) is 6.61 Å². The number of rotatable bonds is 5. The van der Waals surface area contributed by atoms with Gasteiger partial charge in [-0.2, -0.15) is 0 Å². The highest BCUT2D eigenvalue weighted by atomic mass is 19.4. The molecule has 3 aromatic carbocycles. The number of ether oxygens (including phenoxy) is 2. The van der Waals surface area contributed by atoms with Gasteiger partial charge in [0.1, 0.15) is 17.2 Å². The average Bonchev–Trinajstić information content (AvgIpc) is 2.60. The standard InChI is InChI=1S/C20H18F3NO3/c1-19(24,12-25)15-7-5-14-10-17(8-6-13(14)9-15)26-16-3-2-4-18(11-16)27-20(21,22)23/h2-11,25H,12,24H2,1H3. The number of hydrogen-bond donors (Lipinski definition) is 2. The molecule has 1 unspecified atom stereocenters. The lowest BCUT2D eigenvalue weighted by atomic mass is 9.92. The SMILES string of the molecule is CC(N)(CO)c1ccc2cc(Oc3cccc(OC(F)(F)F)c3)ccc2c1. The van der Waals surface area contributed by atoms with Crippen LogP contribution in [0.1, 0.15) is 12.5 Å². The van der Waals surface area contributed by atoms with E-state index in [0.717, 1.165) is 16.3 Å². The second-order valence-corrected chi connectivity index (χ2v) is 6.42. The normalized spacial score (nSPS) is 14.0. The minimum absolute atomic E-state index is 0.184. The Kier molecular flexibility index (Phi) is 4.99. The third-order valence-corrected chi connectivity index (χ3v) is 4.07. The van der Waals surface area contributed by atoms with Crippen molar-refractivity contribution in [3.63, 3.8) is 0 Å². The highest BCUT2D eigenvalue weighted by molar-refractivity contribution is 5.84. The summed E-state index contributed by atoms with van der Waals surface area (Å²) in [5.74, 6) is 0.344. The van der Waals surface area contributed by atoms with Crippen LogP contribution >= 0.6 is 0 Å². The van der Waals surface area contributed by atoms with Crippen LogP contribution in [0.15, 0.2) is 60.7 Å². The lowest BCUT2D eigenvalue weighted by Crippen LogP contribution is -2.36. The quantitative estimate of drug-likeness (QED) is 0.677. The molecule has 0 amide bonds. The molecule has 0 bridgehead atoms. The van der Waals surface area contributed by atoms with Crippen LogP contribution in [0.4, 0.5) is 13.2 Å². The topological polar surface area (TPSA) is 64.7 Å². The van der Waals surface area contributed by atoms with E-state index in [1.807, 2.05) is 24.3 Å². The van der Waals surface area contributed by atoms with Crippen LogP contribution in [0.3, 0.4) is 0 Å². The molecule has 0 heterocycles. The van der Waals surface area contributed by atoms with Gasteiger partial charge >= 0.3 is 6.36 Å². The summed E-state index contributed by atoms with van der Waals surface area (Å²) in [6, 6.07) is 16.2. The summed E-state index contributed by atoms with van der Waals surface area (Å²) in [6.45, 7) is 1.55. The molecule has 0 spiro atoms. The Bertz CT molecular complexity index is 955. The number of aliphatic hydroxyl groups excluding tert-OH is 1. The maximum atomic E-state index is 12.3. The number of alkyl halides is 3. The molecule has 0 aliphatic heterocycles. The van der Waals surface area contributed by atoms with Crippen molar-refractivity contribution in [3.05, 3.63) is 66.2 Å². The van der Waals surface area contributed by atoms with E-state index in [0.29, 0.717) is 5.75 Å². The first-order valence-electron chi connectivity index (χ1n) is 8.14. The smallest absolute Gasteiger partial charge is 0.457 e. The van der Waals surface area contributed by atoms with Gasteiger partial charge in [-0.25, -0.2) is 0 Å². The van der Waals surface area contributed by atoms with Crippen molar-refractivity contribution >= 4 is 10.8 Å². The summed E-state index contributed by atoms with van der Waals surface area (Å²) >= 11 is 0. The van der Waals surface area contributed by atoms with Crippen molar-refractivity contribution in [1.82, 2.24) is 0 Å². The van der Waals surface area contributed by atoms with Gasteiger partial charge in [0.05, 0.1) is 12.1 Å². The van der Waals surface area contributed by atoms with Gasteiger partial charge in [-0.3, -0.25) is 0 Å². The minimum atomic E-state index is -4.76. The fourth-order valence-corrected chi connectivity index (χ4v) is 2.60. The molecule has 0 aliphatic rings. The van der Waals surface area contributed by atoms with Gasteiger partial charge in [0.25, 0.3) is 0 Å². The molecule has 3 N–H and O–H groups in total. The van der Waals surface area contributed by atoms with Crippen LogP contribution in [0, 0.1) is 0 Å². The summed E-state index contributed by atoms with van der Waals surface area (Å²) in [7, 11) is 0. The zero-order valence-electron chi connectivity index (χ0n) is 14.5. The van der Waals surface area contributed by atoms with Crippen molar-refractivity contribution < 1.29 is 27.8 Å². The molecule has 1 atom stereocenters. The van der Waals surface area contributed by atoms with Crippen molar-refractivity contribution in [3.8, 4) is 17.2 Å². The van der Waals surface area contributed by atoms with Crippen molar-refractivity contribution in [2.24, 2.45) is 5.73 Å². The molecule has 142 valence electrons. The van der Waals surface area contributed by atoms with Crippen LogP contribution in [0.2, 0.25) is 0 Å². The molecule has 0 saturated carbocycles. The van der Waals surface area contributed by atoms with E-state index >= 15 is 0 Å². The third-order valence-electron chi connectivity index (χ3n) is 4.07. The highest BCUT2D eigenvalue weighted by Crippen LogP contribution is 2.31. The summed E-state index contributed by atoms with van der Waals surface area (Å²) in [5.41, 5.74) is 6.00. The molecule has 0 fully saturated rings. The molecule has 3 aromatic rings. The van der Waals surface area contributed by atoms with Gasteiger partial charge in [0, 0.05) is 6.07 Å². The lowest BCUT2D eigenvalue weighted by Gasteiger charge is -2.22. The molecule has 0 aliphatic carbocycles. The van der Waals surface area contributed by atoms with Crippen LogP contribution in [0.5, 0.6) is 17.2 Å². The van der Waals surface area contributed by atoms with E-state index in [-0.39, 0.29) is 18.1 Å². The Morgan fingerprint density at radius 2 is 1.52 bits per heavy atom. The van der Waals surface area contributed by atoms with E-state index in [4.69, 9.17) is 10.5 Å². The third kappa shape index (κ3) is 4.69. The van der Waals surface area contributed by atoms with E-state index in [9.17, 15) is 18.3 Å². The monoisotopic (exact) mass is 377 g/mol. The minimum Gasteiger partial charge on any atom is -0.457 e. The molecular formula is C20H18F3NO3. The average molecular weight is 377 g/mol. The van der Waals surface area contributed by atoms with Crippen LogP contribution in [-0.4, -0.2) is 18.1 Å². The van der Waals surface area contributed by atoms with Gasteiger partial charge < -0.3 is 20.3 Å². The van der Waals surface area contributed by atoms with Crippen LogP contribution in [-0.2, 0) is 5.54 Å². The summed E-state index contributed by atoms with van der Waals surface area (Å²) in [6.07, 6.45) is -4.76. The van der Waals surface area contributed by atoms with Gasteiger partial charge in [-0.05, 0) is 53.6 Å². The number of benzene rings is 3. The predicted molar refractivity (Wildman–Crippen MR) is 95.8 cm³/mol. The molecule has 0 saturated heterocycles. The number of hydrogen-bond acceptors (Lipinski definition) is 4. The number of nitrogens with two attached hydrogens (primary N) is 1. The second kappa shape index (κ2) is 7.09. The molecule has 3 rings (SSSR count). The van der Waals surface area contributed by atoms with Gasteiger partial charge in [-0.1, -0.05) is 24.3 Å². The van der Waals surface area contributed by atoms with E-state index in [2.05, 4.69) is 4.74 Å². The van der Waals surface area contributed by atoms with Gasteiger partial charge in [0.15, 0.2) is 0 Å². The number of fused-ring (bicyclic) bond motifs is 1. The van der Waals surface area contributed by atoms with Gasteiger partial charge in [0.2, 0.25) is 0 Å². The molecule has 0 radical (unpaired) electrons. The summed E-state index contributed by atoms with van der Waals surface area (Å²) < 4.78 is 46.5. The fraction of sp³-hybridized carbons (Fsp3) is 0.200. The first-order valence-corrected chi connectivity index (χ1v) is 8.14. The van der Waals surface area contributed by atoms with Crippen molar-refractivity contribution in [1.29, 1.82) is 0 Å². The zero-order valence-corrected chi connectivity index (χ0v) is 14.5. The number of aliphatic hydroxyl groups is 1. The largest absolute Gasteiger partial charge is 0.573 e. The van der Waals surface area contributed by atoms with E-state index < -0.39 is 11.9 Å². The maximum absolute atomic E-state index is 12.3. The molecular weight excluding hydrogens is 359 g/mol.